The minimum Gasteiger partial charge on any atom is -0.261 e. The van der Waals surface area contributed by atoms with Crippen LogP contribution in [0.3, 0.4) is 0 Å². The Kier molecular flexibility index (Phi) is 4.04. The zero-order chi connectivity index (χ0) is 13.9. The lowest BCUT2D eigenvalue weighted by Crippen LogP contribution is -2.14. The lowest BCUT2D eigenvalue weighted by atomic mass is 9.79. The van der Waals surface area contributed by atoms with Gasteiger partial charge in [-0.1, -0.05) is 56.7 Å². The van der Waals surface area contributed by atoms with Gasteiger partial charge in [0.15, 0.2) is 0 Å². The summed E-state index contributed by atoms with van der Waals surface area (Å²) in [7, 11) is 0. The van der Waals surface area contributed by atoms with Crippen molar-refractivity contribution in [3.8, 4) is 0 Å². The van der Waals surface area contributed by atoms with E-state index in [9.17, 15) is 0 Å². The Bertz CT molecular complexity index is 506. The molecule has 0 saturated heterocycles. The van der Waals surface area contributed by atoms with Gasteiger partial charge in [0.2, 0.25) is 0 Å². The van der Waals surface area contributed by atoms with Gasteiger partial charge >= 0.3 is 0 Å². The van der Waals surface area contributed by atoms with Crippen LogP contribution in [0.4, 0.5) is 0 Å². The molecule has 0 aliphatic heterocycles. The van der Waals surface area contributed by atoms with Gasteiger partial charge < -0.3 is 0 Å². The molecule has 1 heterocycles. The second-order valence-electron chi connectivity index (χ2n) is 6.48. The number of nitrogens with zero attached hydrogens (tertiary/aromatic N) is 1. The highest BCUT2D eigenvalue weighted by Crippen LogP contribution is 2.35. The highest BCUT2D eigenvalue weighted by Gasteiger charge is 2.22. The average Bonchev–Trinajstić information content (AvgIpc) is 2.37. The Balaban J connectivity index is 2.37. The zero-order valence-electron chi connectivity index (χ0n) is 12.4. The molecule has 1 aromatic carbocycles. The lowest BCUT2D eigenvalue weighted by molar-refractivity contribution is 0.355. The van der Waals surface area contributed by atoms with Gasteiger partial charge in [0.1, 0.15) is 0 Å². The minimum absolute atomic E-state index is 0.285. The summed E-state index contributed by atoms with van der Waals surface area (Å²) in [4.78, 5) is 4.56. The van der Waals surface area contributed by atoms with Crippen LogP contribution in [0.2, 0.25) is 0 Å². The fourth-order valence-corrected chi connectivity index (χ4v) is 2.39. The summed E-state index contributed by atoms with van der Waals surface area (Å²) in [5.74, 6) is 0.377. The van der Waals surface area contributed by atoms with Gasteiger partial charge in [-0.05, 0) is 36.5 Å². The van der Waals surface area contributed by atoms with Gasteiger partial charge in [0.05, 0.1) is 0 Å². The molecule has 0 fully saturated rings. The molecule has 0 amide bonds. The van der Waals surface area contributed by atoms with Crippen LogP contribution in [0, 0.1) is 12.3 Å². The lowest BCUT2D eigenvalue weighted by Gasteiger charge is -2.26. The molecule has 2 rings (SSSR count). The zero-order valence-corrected chi connectivity index (χ0v) is 12.4. The normalized spacial score (nSPS) is 13.3. The first kappa shape index (κ1) is 13.8. The quantitative estimate of drug-likeness (QED) is 0.753. The van der Waals surface area contributed by atoms with Crippen molar-refractivity contribution in [1.82, 2.24) is 4.98 Å². The summed E-state index contributed by atoms with van der Waals surface area (Å²) >= 11 is 0. The highest BCUT2D eigenvalue weighted by atomic mass is 14.7. The molecule has 0 radical (unpaired) electrons. The molecule has 0 aliphatic carbocycles. The first-order valence-electron chi connectivity index (χ1n) is 6.93. The van der Waals surface area contributed by atoms with Gasteiger partial charge in [-0.2, -0.15) is 0 Å². The van der Waals surface area contributed by atoms with E-state index in [0.29, 0.717) is 5.92 Å². The van der Waals surface area contributed by atoms with Gasteiger partial charge in [0.25, 0.3) is 0 Å². The molecule has 1 heteroatoms. The smallest absolute Gasteiger partial charge is 0.0478 e. The van der Waals surface area contributed by atoms with Crippen molar-refractivity contribution in [2.24, 2.45) is 5.41 Å². The number of hydrogen-bond donors (Lipinski definition) is 0. The van der Waals surface area contributed by atoms with Crippen molar-refractivity contribution in [1.29, 1.82) is 0 Å². The third-order valence-electron chi connectivity index (χ3n) is 3.34. The van der Waals surface area contributed by atoms with E-state index in [-0.39, 0.29) is 5.41 Å². The maximum absolute atomic E-state index is 4.56. The molecule has 0 saturated carbocycles. The molecule has 1 nitrogen and oxygen atoms in total. The van der Waals surface area contributed by atoms with E-state index in [2.05, 4.69) is 69.1 Å². The van der Waals surface area contributed by atoms with Crippen LogP contribution in [0.1, 0.15) is 49.9 Å². The van der Waals surface area contributed by atoms with E-state index in [1.165, 1.54) is 16.8 Å². The first-order chi connectivity index (χ1) is 8.96. The van der Waals surface area contributed by atoms with Crippen molar-refractivity contribution in [3.63, 3.8) is 0 Å². The van der Waals surface area contributed by atoms with Crippen LogP contribution in [0.25, 0.3) is 0 Å². The van der Waals surface area contributed by atoms with Crippen LogP contribution in [-0.2, 0) is 0 Å². The van der Waals surface area contributed by atoms with E-state index < -0.39 is 0 Å². The molecule has 100 valence electrons. The third kappa shape index (κ3) is 3.92. The van der Waals surface area contributed by atoms with Gasteiger partial charge in [-0.15, -0.1) is 0 Å². The second kappa shape index (κ2) is 5.56. The van der Waals surface area contributed by atoms with E-state index >= 15 is 0 Å². The standard InChI is InChI=1S/C18H23N/c1-14-8-10-15(11-9-14)16(13-18(2,3)4)17-7-5-6-12-19-17/h5-12,16H,13H2,1-4H3. The largest absolute Gasteiger partial charge is 0.261 e. The van der Waals surface area contributed by atoms with Crippen molar-refractivity contribution in [3.05, 3.63) is 65.5 Å². The minimum atomic E-state index is 0.285. The summed E-state index contributed by atoms with van der Waals surface area (Å²) in [6.07, 6.45) is 2.99. The number of pyridine rings is 1. The monoisotopic (exact) mass is 253 g/mol. The van der Waals surface area contributed by atoms with Crippen molar-refractivity contribution in [2.45, 2.75) is 40.0 Å². The Hall–Kier alpha value is -1.63. The summed E-state index contributed by atoms with van der Waals surface area (Å²) < 4.78 is 0. The summed E-state index contributed by atoms with van der Waals surface area (Å²) in [6.45, 7) is 8.99. The maximum atomic E-state index is 4.56. The SMILES string of the molecule is Cc1ccc(C(CC(C)(C)C)c2ccccn2)cc1. The first-order valence-corrected chi connectivity index (χ1v) is 6.93. The highest BCUT2D eigenvalue weighted by molar-refractivity contribution is 5.31. The van der Waals surface area contributed by atoms with Crippen LogP contribution < -0.4 is 0 Å². The number of aryl methyl sites for hydroxylation is 1. The third-order valence-corrected chi connectivity index (χ3v) is 3.34. The van der Waals surface area contributed by atoms with Crippen LogP contribution in [-0.4, -0.2) is 4.98 Å². The topological polar surface area (TPSA) is 12.9 Å². The molecule has 1 atom stereocenters. The molecule has 0 N–H and O–H groups in total. The van der Waals surface area contributed by atoms with Crippen LogP contribution in [0.15, 0.2) is 48.7 Å². The van der Waals surface area contributed by atoms with Gasteiger partial charge in [0, 0.05) is 17.8 Å². The predicted molar refractivity (Wildman–Crippen MR) is 81.3 cm³/mol. The van der Waals surface area contributed by atoms with Crippen molar-refractivity contribution >= 4 is 0 Å². The van der Waals surface area contributed by atoms with E-state index in [1.807, 2.05) is 12.3 Å². The van der Waals surface area contributed by atoms with Crippen molar-refractivity contribution in [2.75, 3.05) is 0 Å². The summed E-state index contributed by atoms with van der Waals surface area (Å²) in [6, 6.07) is 15.0. The molecular formula is C18H23N. The van der Waals surface area contributed by atoms with E-state index in [1.54, 1.807) is 0 Å². The Morgan fingerprint density at radius 1 is 1.00 bits per heavy atom. The Labute approximate surface area is 116 Å². The average molecular weight is 253 g/mol. The van der Waals surface area contributed by atoms with Crippen LogP contribution >= 0.6 is 0 Å². The number of hydrogen-bond acceptors (Lipinski definition) is 1. The Morgan fingerprint density at radius 2 is 1.68 bits per heavy atom. The molecule has 1 unspecified atom stereocenters. The fraction of sp³-hybridized carbons (Fsp3) is 0.389. The Morgan fingerprint density at radius 3 is 2.21 bits per heavy atom. The number of rotatable bonds is 3. The molecule has 0 bridgehead atoms. The van der Waals surface area contributed by atoms with Crippen molar-refractivity contribution < 1.29 is 0 Å². The number of aromatic nitrogens is 1. The molecular weight excluding hydrogens is 230 g/mol. The molecule has 0 spiro atoms. The van der Waals surface area contributed by atoms with Crippen LogP contribution in [0.5, 0.6) is 0 Å². The summed E-state index contributed by atoms with van der Waals surface area (Å²) in [5.41, 5.74) is 4.12. The maximum Gasteiger partial charge on any atom is 0.0478 e. The summed E-state index contributed by atoms with van der Waals surface area (Å²) in [5, 5.41) is 0. The molecule has 19 heavy (non-hydrogen) atoms. The molecule has 1 aromatic heterocycles. The second-order valence-corrected chi connectivity index (χ2v) is 6.48. The number of benzene rings is 1. The predicted octanol–water partition coefficient (Wildman–Crippen LogP) is 4.96. The molecule has 0 aliphatic rings. The van der Waals surface area contributed by atoms with Gasteiger partial charge in [-0.3, -0.25) is 4.98 Å². The fourth-order valence-electron chi connectivity index (χ4n) is 2.39. The van der Waals surface area contributed by atoms with Gasteiger partial charge in [-0.25, -0.2) is 0 Å². The van der Waals surface area contributed by atoms with E-state index in [4.69, 9.17) is 0 Å². The van der Waals surface area contributed by atoms with E-state index in [0.717, 1.165) is 6.42 Å². The molecule has 2 aromatic rings.